The predicted octanol–water partition coefficient (Wildman–Crippen LogP) is 1.85. The molecule has 1 aromatic rings. The lowest BCUT2D eigenvalue weighted by atomic mass is 9.88. The molecule has 3 aliphatic rings. The first kappa shape index (κ1) is 16.9. The van der Waals surface area contributed by atoms with E-state index in [-0.39, 0.29) is 18.2 Å². The van der Waals surface area contributed by atoms with Gasteiger partial charge in [-0.2, -0.15) is 0 Å². The average molecular weight is 357 g/mol. The van der Waals surface area contributed by atoms with Crippen molar-refractivity contribution in [3.05, 3.63) is 40.6 Å². The van der Waals surface area contributed by atoms with Gasteiger partial charge < -0.3 is 19.9 Å². The van der Waals surface area contributed by atoms with Crippen molar-refractivity contribution < 1.29 is 18.8 Å². The smallest absolute Gasteiger partial charge is 0.274 e. The Morgan fingerprint density at radius 2 is 2.19 bits per heavy atom. The number of carbonyl (C=O) groups is 2. The van der Waals surface area contributed by atoms with Gasteiger partial charge in [0.2, 0.25) is 5.91 Å². The average Bonchev–Trinajstić information content (AvgIpc) is 2.95. The van der Waals surface area contributed by atoms with Crippen LogP contribution >= 0.6 is 0 Å². The Balaban J connectivity index is 1.47. The van der Waals surface area contributed by atoms with E-state index in [9.17, 15) is 9.59 Å². The molecule has 26 heavy (non-hydrogen) atoms. The fourth-order valence-corrected chi connectivity index (χ4v) is 3.67. The van der Waals surface area contributed by atoms with Crippen LogP contribution in [0.4, 0.5) is 0 Å². The van der Waals surface area contributed by atoms with Crippen LogP contribution in [0.5, 0.6) is 0 Å². The van der Waals surface area contributed by atoms with Gasteiger partial charge >= 0.3 is 0 Å². The van der Waals surface area contributed by atoms with Crippen molar-refractivity contribution in [2.75, 3.05) is 6.61 Å². The van der Waals surface area contributed by atoms with Gasteiger partial charge in [-0.15, -0.1) is 0 Å². The highest BCUT2D eigenvalue weighted by molar-refractivity contribution is 5.97. The number of aromatic nitrogens is 1. The third-order valence-corrected chi connectivity index (χ3v) is 5.20. The molecule has 2 unspecified atom stereocenters. The molecule has 0 radical (unpaired) electrons. The second-order valence-corrected chi connectivity index (χ2v) is 7.49. The van der Waals surface area contributed by atoms with E-state index >= 15 is 0 Å². The predicted molar refractivity (Wildman–Crippen MR) is 93.0 cm³/mol. The summed E-state index contributed by atoms with van der Waals surface area (Å²) in [6, 6.07) is -0.773. The van der Waals surface area contributed by atoms with E-state index in [1.807, 2.05) is 12.2 Å². The van der Waals surface area contributed by atoms with E-state index in [2.05, 4.69) is 29.6 Å². The largest absolute Gasteiger partial charge is 0.489 e. The SMILES string of the molecule is CC1C=CC2=C(C1)NC(=O)[C@@H](NC(=O)c1noc3c1CC(C)CC3)CO2. The molecule has 1 aliphatic heterocycles. The molecule has 0 aromatic carbocycles. The highest BCUT2D eigenvalue weighted by Gasteiger charge is 2.32. The molecule has 0 fully saturated rings. The Morgan fingerprint density at radius 3 is 3.04 bits per heavy atom. The number of aryl methyl sites for hydroxylation is 1. The fourth-order valence-electron chi connectivity index (χ4n) is 3.67. The Hall–Kier alpha value is -2.57. The number of rotatable bonds is 2. The molecule has 1 aromatic heterocycles. The van der Waals surface area contributed by atoms with Crippen molar-refractivity contribution in [2.24, 2.45) is 11.8 Å². The quantitative estimate of drug-likeness (QED) is 0.843. The lowest BCUT2D eigenvalue weighted by Crippen LogP contribution is -2.48. The molecule has 0 bridgehead atoms. The van der Waals surface area contributed by atoms with Crippen molar-refractivity contribution in [1.82, 2.24) is 15.8 Å². The summed E-state index contributed by atoms with van der Waals surface area (Å²) in [7, 11) is 0. The molecule has 4 rings (SSSR count). The molecule has 2 amide bonds. The summed E-state index contributed by atoms with van der Waals surface area (Å²) < 4.78 is 11.1. The highest BCUT2D eigenvalue weighted by Crippen LogP contribution is 2.28. The molecular formula is C19H23N3O4. The monoisotopic (exact) mass is 357 g/mol. The van der Waals surface area contributed by atoms with Crippen molar-refractivity contribution >= 4 is 11.8 Å². The maximum atomic E-state index is 12.7. The van der Waals surface area contributed by atoms with Crippen molar-refractivity contribution in [3.63, 3.8) is 0 Å². The number of amides is 2. The minimum Gasteiger partial charge on any atom is -0.489 e. The van der Waals surface area contributed by atoms with Gasteiger partial charge in [-0.1, -0.05) is 25.1 Å². The normalized spacial score (nSPS) is 27.8. The Labute approximate surface area is 151 Å². The van der Waals surface area contributed by atoms with Crippen molar-refractivity contribution in [1.29, 1.82) is 0 Å². The van der Waals surface area contributed by atoms with E-state index < -0.39 is 11.9 Å². The Bertz CT molecular complexity index is 808. The standard InChI is InChI=1S/C19H23N3O4/c1-10-3-5-15-12(7-10)17(22-26-15)19(24)21-14-9-25-16-6-4-11(2)8-13(16)20-18(14)23/h4,6,10-11,14H,3,5,7-9H2,1-2H3,(H,20,23)(H,21,24)/t10?,11?,14-/m0/s1. The topological polar surface area (TPSA) is 93.5 Å². The van der Waals surface area contributed by atoms with Crippen LogP contribution in [0.2, 0.25) is 0 Å². The first-order valence-corrected chi connectivity index (χ1v) is 9.14. The van der Waals surface area contributed by atoms with Crippen LogP contribution in [-0.4, -0.2) is 29.6 Å². The summed E-state index contributed by atoms with van der Waals surface area (Å²) in [6.45, 7) is 4.31. The van der Waals surface area contributed by atoms with Gasteiger partial charge in [-0.25, -0.2) is 0 Å². The summed E-state index contributed by atoms with van der Waals surface area (Å²) in [5.74, 6) is 1.62. The summed E-state index contributed by atoms with van der Waals surface area (Å²) in [6.07, 6.45) is 7.24. The van der Waals surface area contributed by atoms with E-state index in [0.29, 0.717) is 24.0 Å². The van der Waals surface area contributed by atoms with Gasteiger partial charge in [0, 0.05) is 12.0 Å². The summed E-state index contributed by atoms with van der Waals surface area (Å²) in [4.78, 5) is 25.2. The van der Waals surface area contributed by atoms with Crippen LogP contribution in [0.25, 0.3) is 0 Å². The van der Waals surface area contributed by atoms with E-state index in [0.717, 1.165) is 36.3 Å². The summed E-state index contributed by atoms with van der Waals surface area (Å²) in [5, 5.41) is 9.58. The number of nitrogens with zero attached hydrogens (tertiary/aromatic N) is 1. The Morgan fingerprint density at radius 1 is 1.35 bits per heavy atom. The van der Waals surface area contributed by atoms with Gasteiger partial charge in [0.05, 0.1) is 5.70 Å². The van der Waals surface area contributed by atoms with E-state index in [4.69, 9.17) is 9.26 Å². The molecule has 0 spiro atoms. The second-order valence-electron chi connectivity index (χ2n) is 7.49. The lowest BCUT2D eigenvalue weighted by Gasteiger charge is -2.18. The van der Waals surface area contributed by atoms with E-state index in [1.165, 1.54) is 0 Å². The van der Waals surface area contributed by atoms with Crippen molar-refractivity contribution in [3.8, 4) is 0 Å². The van der Waals surface area contributed by atoms with Crippen LogP contribution in [-0.2, 0) is 22.4 Å². The molecule has 138 valence electrons. The minimum absolute atomic E-state index is 0.0889. The van der Waals surface area contributed by atoms with Gasteiger partial charge in [-0.3, -0.25) is 9.59 Å². The fraction of sp³-hybridized carbons (Fsp3) is 0.526. The van der Waals surface area contributed by atoms with Crippen LogP contribution in [0, 0.1) is 11.8 Å². The summed E-state index contributed by atoms with van der Waals surface area (Å²) >= 11 is 0. The number of ether oxygens (including phenoxy) is 1. The highest BCUT2D eigenvalue weighted by atomic mass is 16.5. The number of nitrogens with one attached hydrogen (secondary N) is 2. The van der Waals surface area contributed by atoms with Crippen LogP contribution in [0.1, 0.15) is 48.5 Å². The maximum Gasteiger partial charge on any atom is 0.274 e. The molecule has 2 aliphatic carbocycles. The third kappa shape index (κ3) is 3.13. The zero-order chi connectivity index (χ0) is 18.3. The second kappa shape index (κ2) is 6.63. The zero-order valence-corrected chi connectivity index (χ0v) is 15.0. The molecule has 3 atom stereocenters. The molecule has 7 nitrogen and oxygen atoms in total. The number of carbonyl (C=O) groups excluding carboxylic acids is 2. The molecule has 2 heterocycles. The van der Waals surface area contributed by atoms with Gasteiger partial charge in [0.25, 0.3) is 5.91 Å². The van der Waals surface area contributed by atoms with Crippen molar-refractivity contribution in [2.45, 2.75) is 45.6 Å². The number of hydrogen-bond donors (Lipinski definition) is 2. The molecule has 2 N–H and O–H groups in total. The molecule has 7 heteroatoms. The minimum atomic E-state index is -0.773. The van der Waals surface area contributed by atoms with Gasteiger partial charge in [0.1, 0.15) is 24.2 Å². The van der Waals surface area contributed by atoms with Crippen LogP contribution in [0.3, 0.4) is 0 Å². The first-order valence-electron chi connectivity index (χ1n) is 9.14. The zero-order valence-electron chi connectivity index (χ0n) is 15.0. The number of allylic oxidation sites excluding steroid dienone is 3. The Kier molecular flexibility index (Phi) is 4.30. The third-order valence-electron chi connectivity index (χ3n) is 5.20. The molecule has 0 saturated heterocycles. The van der Waals surface area contributed by atoms with Crippen LogP contribution in [0.15, 0.2) is 28.1 Å². The first-order chi connectivity index (χ1) is 12.5. The number of hydrogen-bond acceptors (Lipinski definition) is 5. The molecule has 0 saturated carbocycles. The van der Waals surface area contributed by atoms with Crippen LogP contribution < -0.4 is 10.6 Å². The van der Waals surface area contributed by atoms with Gasteiger partial charge in [-0.05, 0) is 37.2 Å². The molecular weight excluding hydrogens is 334 g/mol. The van der Waals surface area contributed by atoms with Gasteiger partial charge in [0.15, 0.2) is 5.69 Å². The maximum absolute atomic E-state index is 12.7. The number of fused-ring (bicyclic) bond motifs is 1. The summed E-state index contributed by atoms with van der Waals surface area (Å²) in [5.41, 5.74) is 1.93. The lowest BCUT2D eigenvalue weighted by molar-refractivity contribution is -0.122. The van der Waals surface area contributed by atoms with E-state index in [1.54, 1.807) is 0 Å².